The van der Waals surface area contributed by atoms with Crippen LogP contribution in [-0.4, -0.2) is 36.7 Å². The number of hydrogen-bond donors (Lipinski definition) is 1. The van der Waals surface area contributed by atoms with Crippen LogP contribution in [0.15, 0.2) is 60.7 Å². The van der Waals surface area contributed by atoms with Crippen LogP contribution in [0.25, 0.3) is 0 Å². The fraction of sp³-hybridized carbons (Fsp3) is 0.375. The number of carbonyl (C=O) groups excluding carboxylic acids is 1. The van der Waals surface area contributed by atoms with Gasteiger partial charge in [0.15, 0.2) is 0 Å². The van der Waals surface area contributed by atoms with Crippen LogP contribution in [-0.2, 0) is 10.4 Å². The van der Waals surface area contributed by atoms with E-state index in [4.69, 9.17) is 9.47 Å². The molecule has 1 N–H and O–H groups in total. The summed E-state index contributed by atoms with van der Waals surface area (Å²) in [7, 11) is 0. The van der Waals surface area contributed by atoms with E-state index in [9.17, 15) is 4.79 Å². The summed E-state index contributed by atoms with van der Waals surface area (Å²) >= 11 is 0. The van der Waals surface area contributed by atoms with Crippen molar-refractivity contribution in [2.45, 2.75) is 38.5 Å². The predicted octanol–water partition coefficient (Wildman–Crippen LogP) is 4.56. The fourth-order valence-electron chi connectivity index (χ4n) is 4.02. The molecule has 152 valence electrons. The first-order chi connectivity index (χ1) is 14.0. The molecule has 2 aliphatic rings. The van der Waals surface area contributed by atoms with Gasteiger partial charge in [-0.1, -0.05) is 30.8 Å². The van der Waals surface area contributed by atoms with E-state index in [-0.39, 0.29) is 12.0 Å². The van der Waals surface area contributed by atoms with Crippen molar-refractivity contribution in [3.05, 3.63) is 71.8 Å². The molecule has 1 fully saturated rings. The third kappa shape index (κ3) is 3.87. The molecule has 0 saturated carbocycles. The summed E-state index contributed by atoms with van der Waals surface area (Å²) in [5, 5.41) is 3.61. The zero-order chi connectivity index (χ0) is 20.4. The number of nitrogens with zero attached hydrogens (tertiary/aromatic N) is 1. The zero-order valence-corrected chi connectivity index (χ0v) is 17.1. The minimum Gasteiger partial charge on any atom is -0.489 e. The van der Waals surface area contributed by atoms with Gasteiger partial charge in [0.05, 0.1) is 11.7 Å². The third-order valence-corrected chi connectivity index (χ3v) is 5.63. The summed E-state index contributed by atoms with van der Waals surface area (Å²) in [6, 6.07) is 15.6. The van der Waals surface area contributed by atoms with E-state index >= 15 is 0 Å². The van der Waals surface area contributed by atoms with Crippen LogP contribution in [0.1, 0.15) is 42.6 Å². The van der Waals surface area contributed by atoms with Gasteiger partial charge in [-0.05, 0) is 62.1 Å². The second-order valence-corrected chi connectivity index (χ2v) is 8.06. The average molecular weight is 392 g/mol. The molecule has 0 bridgehead atoms. The maximum Gasteiger partial charge on any atom is 0.258 e. The molecule has 2 atom stereocenters. The van der Waals surface area contributed by atoms with Crippen LogP contribution in [0.2, 0.25) is 0 Å². The molecular weight excluding hydrogens is 364 g/mol. The molecule has 0 radical (unpaired) electrons. The number of hydrogen-bond acceptors (Lipinski definition) is 4. The van der Waals surface area contributed by atoms with Crippen LogP contribution in [0.3, 0.4) is 0 Å². The van der Waals surface area contributed by atoms with Crippen molar-refractivity contribution in [2.24, 2.45) is 0 Å². The highest BCUT2D eigenvalue weighted by atomic mass is 16.5. The topological polar surface area (TPSA) is 50.8 Å². The first-order valence-corrected chi connectivity index (χ1v) is 10.2. The Kier molecular flexibility index (Phi) is 5.33. The Morgan fingerprint density at radius 1 is 1.28 bits per heavy atom. The van der Waals surface area contributed by atoms with E-state index < -0.39 is 5.66 Å². The molecule has 1 saturated heterocycles. The van der Waals surface area contributed by atoms with Crippen LogP contribution < -0.4 is 10.1 Å². The smallest absolute Gasteiger partial charge is 0.258 e. The maximum atomic E-state index is 13.4. The molecule has 2 aromatic carbocycles. The Hall–Kier alpha value is -2.79. The first-order valence-electron chi connectivity index (χ1n) is 10.2. The molecule has 1 amide bonds. The van der Waals surface area contributed by atoms with Gasteiger partial charge in [-0.25, -0.2) is 0 Å². The van der Waals surface area contributed by atoms with E-state index in [0.29, 0.717) is 18.7 Å². The Bertz CT molecular complexity index is 903. The van der Waals surface area contributed by atoms with Crippen molar-refractivity contribution in [1.82, 2.24) is 4.90 Å². The van der Waals surface area contributed by atoms with Gasteiger partial charge in [-0.3, -0.25) is 4.79 Å². The Labute approximate surface area is 172 Å². The van der Waals surface area contributed by atoms with Gasteiger partial charge in [0.25, 0.3) is 5.91 Å². The number of carbonyl (C=O) groups is 1. The lowest BCUT2D eigenvalue weighted by Crippen LogP contribution is -2.57. The van der Waals surface area contributed by atoms with Crippen molar-refractivity contribution in [3.63, 3.8) is 0 Å². The van der Waals surface area contributed by atoms with Gasteiger partial charge in [0.2, 0.25) is 0 Å². The highest BCUT2D eigenvalue weighted by molar-refractivity contribution is 6.02. The summed E-state index contributed by atoms with van der Waals surface area (Å²) < 4.78 is 11.6. The standard InChI is InChI=1S/C24H28N2O3/c1-17(2)16-29-19-12-10-18(11-13-19)24(3)25-22-9-5-4-8-21(22)23(27)26(24)15-20-7-6-14-28-20/h4-5,8-13,20,25H,1,6-7,14-16H2,2-3H3. The highest BCUT2D eigenvalue weighted by Crippen LogP contribution is 2.39. The summed E-state index contributed by atoms with van der Waals surface area (Å²) in [6.07, 6.45) is 2.10. The van der Waals surface area contributed by atoms with E-state index in [1.165, 1.54) is 0 Å². The van der Waals surface area contributed by atoms with Gasteiger partial charge in [0, 0.05) is 18.8 Å². The molecule has 2 heterocycles. The molecule has 0 aromatic heterocycles. The molecule has 5 heteroatoms. The predicted molar refractivity (Wildman–Crippen MR) is 114 cm³/mol. The number of fused-ring (bicyclic) bond motifs is 1. The van der Waals surface area contributed by atoms with Crippen LogP contribution >= 0.6 is 0 Å². The molecule has 2 unspecified atom stereocenters. The lowest BCUT2D eigenvalue weighted by atomic mass is 9.93. The van der Waals surface area contributed by atoms with E-state index in [0.717, 1.165) is 42.0 Å². The molecule has 2 aromatic rings. The van der Waals surface area contributed by atoms with Crippen molar-refractivity contribution in [1.29, 1.82) is 0 Å². The minimum atomic E-state index is -0.676. The number of benzene rings is 2. The van der Waals surface area contributed by atoms with Crippen LogP contribution in [0.5, 0.6) is 5.75 Å². The third-order valence-electron chi connectivity index (χ3n) is 5.63. The lowest BCUT2D eigenvalue weighted by molar-refractivity contribution is 0.0242. The van der Waals surface area contributed by atoms with Gasteiger partial charge >= 0.3 is 0 Å². The largest absolute Gasteiger partial charge is 0.489 e. The summed E-state index contributed by atoms with van der Waals surface area (Å²) in [5.41, 5.74) is 2.85. The van der Waals surface area contributed by atoms with E-state index in [1.807, 2.05) is 60.4 Å². The number of para-hydroxylation sites is 1. The normalized spacial score (nSPS) is 23.4. The summed E-state index contributed by atoms with van der Waals surface area (Å²) in [6.45, 7) is 9.68. The minimum absolute atomic E-state index is 0.0277. The Balaban J connectivity index is 1.67. The molecular formula is C24H28N2O3. The van der Waals surface area contributed by atoms with Crippen molar-refractivity contribution >= 4 is 11.6 Å². The molecule has 0 aliphatic carbocycles. The Morgan fingerprint density at radius 3 is 2.72 bits per heavy atom. The summed E-state index contributed by atoms with van der Waals surface area (Å²) in [5.74, 6) is 0.813. The number of amides is 1. The van der Waals surface area contributed by atoms with E-state index in [1.54, 1.807) is 0 Å². The van der Waals surface area contributed by atoms with Gasteiger partial charge in [-0.15, -0.1) is 0 Å². The van der Waals surface area contributed by atoms with Crippen molar-refractivity contribution in [2.75, 3.05) is 25.1 Å². The van der Waals surface area contributed by atoms with E-state index in [2.05, 4.69) is 18.8 Å². The second kappa shape index (κ2) is 7.91. The lowest BCUT2D eigenvalue weighted by Gasteiger charge is -2.47. The molecule has 0 spiro atoms. The SMILES string of the molecule is C=C(C)COc1ccc(C2(C)Nc3ccccc3C(=O)N2CC2CCCO2)cc1. The number of ether oxygens (including phenoxy) is 2. The van der Waals surface area contributed by atoms with Crippen molar-refractivity contribution < 1.29 is 14.3 Å². The molecule has 2 aliphatic heterocycles. The summed E-state index contributed by atoms with van der Waals surface area (Å²) in [4.78, 5) is 15.3. The van der Waals surface area contributed by atoms with Gasteiger partial charge in [-0.2, -0.15) is 0 Å². The number of rotatable bonds is 6. The van der Waals surface area contributed by atoms with Gasteiger partial charge < -0.3 is 19.7 Å². The van der Waals surface area contributed by atoms with Crippen LogP contribution in [0, 0.1) is 0 Å². The second-order valence-electron chi connectivity index (χ2n) is 8.06. The molecule has 4 rings (SSSR count). The monoisotopic (exact) mass is 392 g/mol. The molecule has 29 heavy (non-hydrogen) atoms. The quantitative estimate of drug-likeness (QED) is 0.732. The first kappa shape index (κ1) is 19.5. The average Bonchev–Trinajstić information content (AvgIpc) is 3.23. The van der Waals surface area contributed by atoms with Crippen molar-refractivity contribution in [3.8, 4) is 5.75 Å². The zero-order valence-electron chi connectivity index (χ0n) is 17.1. The number of nitrogens with one attached hydrogen (secondary N) is 1. The highest BCUT2D eigenvalue weighted by Gasteiger charge is 2.43. The maximum absolute atomic E-state index is 13.4. The molecule has 5 nitrogen and oxygen atoms in total. The van der Waals surface area contributed by atoms with Gasteiger partial charge in [0.1, 0.15) is 18.0 Å². The Morgan fingerprint density at radius 2 is 2.03 bits per heavy atom. The van der Waals surface area contributed by atoms with Crippen LogP contribution in [0.4, 0.5) is 5.69 Å². The number of anilines is 1. The fourth-order valence-corrected chi connectivity index (χ4v) is 4.02.